The van der Waals surface area contributed by atoms with E-state index in [0.717, 1.165) is 35.8 Å². The number of allylic oxidation sites excluding steroid dienone is 2. The first-order valence-electron chi connectivity index (χ1n) is 13.8. The number of nitrogens with zero attached hydrogens (tertiary/aromatic N) is 1. The lowest BCUT2D eigenvalue weighted by Gasteiger charge is -2.71. The molecule has 4 fully saturated rings. The molecule has 2 nitrogen and oxygen atoms in total. The second kappa shape index (κ2) is 6.88. The molecule has 32 heavy (non-hydrogen) atoms. The van der Waals surface area contributed by atoms with Gasteiger partial charge in [0.1, 0.15) is 0 Å². The van der Waals surface area contributed by atoms with E-state index in [1.165, 1.54) is 51.4 Å². The minimum atomic E-state index is 0.00638. The normalized spacial score (nSPS) is 55.8. The van der Waals surface area contributed by atoms with Crippen molar-refractivity contribution in [3.63, 3.8) is 0 Å². The van der Waals surface area contributed by atoms with Crippen molar-refractivity contribution in [2.45, 2.75) is 113 Å². The van der Waals surface area contributed by atoms with Crippen LogP contribution < -0.4 is 0 Å². The van der Waals surface area contributed by atoms with Gasteiger partial charge in [-0.05, 0) is 109 Å². The van der Waals surface area contributed by atoms with Gasteiger partial charge in [0, 0.05) is 5.41 Å². The van der Waals surface area contributed by atoms with E-state index in [2.05, 4.69) is 66.6 Å². The smallest absolute Gasteiger partial charge is 0.0630 e. The summed E-state index contributed by atoms with van der Waals surface area (Å²) in [5, 5.41) is 13.5. The third kappa shape index (κ3) is 2.62. The highest BCUT2D eigenvalue weighted by Gasteiger charge is 2.67. The summed E-state index contributed by atoms with van der Waals surface area (Å²) in [7, 11) is 0. The highest BCUT2D eigenvalue weighted by atomic mass is 16.4. The number of hydrogen-bond donors (Lipinski definition) is 1. The fourth-order valence-electron chi connectivity index (χ4n) is 10.8. The van der Waals surface area contributed by atoms with Crippen LogP contribution in [0.1, 0.15) is 113 Å². The minimum Gasteiger partial charge on any atom is -0.411 e. The highest BCUT2D eigenvalue weighted by Crippen LogP contribution is 2.75. The summed E-state index contributed by atoms with van der Waals surface area (Å²) in [4.78, 5) is 0. The fraction of sp³-hybridized carbons (Fsp3) is 0.900. The standard InChI is InChI=1S/C30H49NO/c1-19-11-14-27(5)17-18-29(7)21(25(27)20(19)2)9-10-23-28(6)15-13-24(31-32)26(3,4)22(28)12-16-30(23,29)8/h9,19-20,22-23,25,32H,10-18H2,1-8H3/b31-24+/t19-,20+,22+,23-,25+,27-,28+,29-,30-/m1/s1. The fourth-order valence-corrected chi connectivity index (χ4v) is 10.8. The Morgan fingerprint density at radius 2 is 1.59 bits per heavy atom. The van der Waals surface area contributed by atoms with Crippen molar-refractivity contribution in [2.75, 3.05) is 0 Å². The van der Waals surface area contributed by atoms with Gasteiger partial charge in [-0.2, -0.15) is 0 Å². The number of hydrogen-bond acceptors (Lipinski definition) is 2. The number of oxime groups is 1. The van der Waals surface area contributed by atoms with Gasteiger partial charge >= 0.3 is 0 Å². The van der Waals surface area contributed by atoms with Gasteiger partial charge in [0.2, 0.25) is 0 Å². The molecule has 180 valence electrons. The lowest BCUT2D eigenvalue weighted by Crippen LogP contribution is -2.64. The molecule has 0 unspecified atom stereocenters. The van der Waals surface area contributed by atoms with Gasteiger partial charge in [-0.3, -0.25) is 0 Å². The average Bonchev–Trinajstić information content (AvgIpc) is 2.72. The molecule has 0 radical (unpaired) electrons. The van der Waals surface area contributed by atoms with E-state index < -0.39 is 0 Å². The molecule has 9 atom stereocenters. The maximum atomic E-state index is 9.74. The van der Waals surface area contributed by atoms with E-state index in [1.54, 1.807) is 0 Å². The zero-order chi connectivity index (χ0) is 23.3. The molecule has 5 aliphatic carbocycles. The van der Waals surface area contributed by atoms with E-state index in [0.29, 0.717) is 27.6 Å². The van der Waals surface area contributed by atoms with Crippen LogP contribution in [0.2, 0.25) is 0 Å². The third-order valence-corrected chi connectivity index (χ3v) is 13.3. The summed E-state index contributed by atoms with van der Waals surface area (Å²) in [6.07, 6.45) is 14.5. The number of rotatable bonds is 0. The Hall–Kier alpha value is -0.790. The van der Waals surface area contributed by atoms with Crippen molar-refractivity contribution < 1.29 is 5.21 Å². The molecule has 0 heterocycles. The summed E-state index contributed by atoms with van der Waals surface area (Å²) < 4.78 is 0. The van der Waals surface area contributed by atoms with E-state index in [4.69, 9.17) is 0 Å². The topological polar surface area (TPSA) is 32.6 Å². The zero-order valence-electron chi connectivity index (χ0n) is 22.2. The Balaban J connectivity index is 1.59. The summed E-state index contributed by atoms with van der Waals surface area (Å²) in [5.41, 5.74) is 4.50. The molecule has 0 aliphatic heterocycles. The molecule has 5 aliphatic rings. The van der Waals surface area contributed by atoms with Gasteiger partial charge in [-0.15, -0.1) is 0 Å². The van der Waals surface area contributed by atoms with Crippen LogP contribution in [0, 0.1) is 56.7 Å². The zero-order valence-corrected chi connectivity index (χ0v) is 22.2. The quantitative estimate of drug-likeness (QED) is 0.229. The Morgan fingerprint density at radius 3 is 2.28 bits per heavy atom. The predicted octanol–water partition coefficient (Wildman–Crippen LogP) is 8.49. The maximum Gasteiger partial charge on any atom is 0.0630 e. The van der Waals surface area contributed by atoms with Crippen LogP contribution in [0.15, 0.2) is 16.8 Å². The molecule has 0 bridgehead atoms. The summed E-state index contributed by atoms with van der Waals surface area (Å²) in [5.74, 6) is 3.80. The molecule has 1 N–H and O–H groups in total. The summed E-state index contributed by atoms with van der Waals surface area (Å²) >= 11 is 0. The molecular weight excluding hydrogens is 390 g/mol. The first-order valence-corrected chi connectivity index (χ1v) is 13.8. The van der Waals surface area contributed by atoms with E-state index >= 15 is 0 Å². The van der Waals surface area contributed by atoms with Crippen molar-refractivity contribution in [3.05, 3.63) is 11.6 Å². The van der Waals surface area contributed by atoms with Gasteiger partial charge in [0.15, 0.2) is 0 Å². The van der Waals surface area contributed by atoms with Gasteiger partial charge < -0.3 is 5.21 Å². The van der Waals surface area contributed by atoms with Crippen LogP contribution >= 0.6 is 0 Å². The molecule has 2 heteroatoms. The summed E-state index contributed by atoms with van der Waals surface area (Å²) in [6, 6.07) is 0. The molecular formula is C30H49NO. The minimum absolute atomic E-state index is 0.00638. The summed E-state index contributed by atoms with van der Waals surface area (Å²) in [6.45, 7) is 20.4. The average molecular weight is 440 g/mol. The Morgan fingerprint density at radius 1 is 0.875 bits per heavy atom. The Bertz CT molecular complexity index is 855. The van der Waals surface area contributed by atoms with Gasteiger partial charge in [-0.1, -0.05) is 72.2 Å². The van der Waals surface area contributed by atoms with Crippen molar-refractivity contribution in [2.24, 2.45) is 61.8 Å². The van der Waals surface area contributed by atoms with E-state index in [1.807, 2.05) is 5.57 Å². The van der Waals surface area contributed by atoms with Gasteiger partial charge in [0.25, 0.3) is 0 Å². The van der Waals surface area contributed by atoms with Crippen LogP contribution in [-0.2, 0) is 0 Å². The molecule has 5 rings (SSSR count). The van der Waals surface area contributed by atoms with Crippen LogP contribution in [0.4, 0.5) is 0 Å². The second-order valence-electron chi connectivity index (χ2n) is 14.6. The first kappa shape index (κ1) is 23.0. The van der Waals surface area contributed by atoms with Crippen molar-refractivity contribution in [1.82, 2.24) is 0 Å². The molecule has 0 saturated heterocycles. The molecule has 0 aromatic carbocycles. The van der Waals surface area contributed by atoms with Crippen molar-refractivity contribution in [3.8, 4) is 0 Å². The lowest BCUT2D eigenvalue weighted by molar-refractivity contribution is -0.165. The lowest BCUT2D eigenvalue weighted by atomic mass is 9.33. The van der Waals surface area contributed by atoms with Crippen molar-refractivity contribution in [1.29, 1.82) is 0 Å². The molecule has 4 saturated carbocycles. The van der Waals surface area contributed by atoms with Crippen molar-refractivity contribution >= 4 is 5.71 Å². The van der Waals surface area contributed by atoms with Crippen LogP contribution in [0.25, 0.3) is 0 Å². The molecule has 0 aromatic rings. The Labute approximate surface area is 197 Å². The third-order valence-electron chi connectivity index (χ3n) is 13.3. The van der Waals surface area contributed by atoms with Crippen LogP contribution in [0.5, 0.6) is 0 Å². The van der Waals surface area contributed by atoms with Gasteiger partial charge in [0.05, 0.1) is 5.71 Å². The SMILES string of the molecule is C[C@H]1[C@H](C)CC[C@]2(C)CC[C@]3(C)C(=CC[C@@H]4[C@@]5(C)CC/C(=N\O)C(C)(C)[C@@H]5CC[C@]43C)[C@H]12. The predicted molar refractivity (Wildman–Crippen MR) is 134 cm³/mol. The number of fused-ring (bicyclic) bond motifs is 7. The molecule has 0 spiro atoms. The first-order chi connectivity index (χ1) is 14.8. The molecule has 0 amide bonds. The van der Waals surface area contributed by atoms with Crippen LogP contribution in [-0.4, -0.2) is 10.9 Å². The van der Waals surface area contributed by atoms with E-state index in [-0.39, 0.29) is 5.41 Å². The highest BCUT2D eigenvalue weighted by molar-refractivity contribution is 5.90. The second-order valence-corrected chi connectivity index (χ2v) is 14.6. The molecule has 0 aromatic heterocycles. The van der Waals surface area contributed by atoms with Crippen LogP contribution in [0.3, 0.4) is 0 Å². The Kier molecular flexibility index (Phi) is 4.94. The van der Waals surface area contributed by atoms with Gasteiger partial charge in [-0.25, -0.2) is 0 Å². The maximum absolute atomic E-state index is 9.74. The monoisotopic (exact) mass is 439 g/mol. The largest absolute Gasteiger partial charge is 0.411 e. The van der Waals surface area contributed by atoms with E-state index in [9.17, 15) is 5.21 Å².